The molecule has 1 heterocycles. The van der Waals surface area contributed by atoms with Gasteiger partial charge in [-0.3, -0.25) is 4.79 Å². The van der Waals surface area contributed by atoms with Crippen molar-refractivity contribution in [3.05, 3.63) is 11.6 Å². The lowest BCUT2D eigenvalue weighted by Crippen LogP contribution is -2.47. The summed E-state index contributed by atoms with van der Waals surface area (Å²) < 4.78 is 30.4. The van der Waals surface area contributed by atoms with Gasteiger partial charge in [-0.05, 0) is 32.1 Å². The number of ether oxygens (including phenoxy) is 1. The van der Waals surface area contributed by atoms with Gasteiger partial charge in [0.2, 0.25) is 15.9 Å². The van der Waals surface area contributed by atoms with Crippen LogP contribution in [0.3, 0.4) is 0 Å². The Balaban J connectivity index is 1.91. The van der Waals surface area contributed by atoms with Crippen molar-refractivity contribution in [1.29, 1.82) is 0 Å². The molecule has 1 aliphatic heterocycles. The molecule has 6 nitrogen and oxygen atoms in total. The molecule has 1 fully saturated rings. The Labute approximate surface area is 133 Å². The van der Waals surface area contributed by atoms with E-state index in [-0.39, 0.29) is 12.5 Å². The van der Waals surface area contributed by atoms with Crippen LogP contribution in [-0.4, -0.2) is 69.2 Å². The van der Waals surface area contributed by atoms with Crippen molar-refractivity contribution >= 4 is 15.9 Å². The van der Waals surface area contributed by atoms with Crippen LogP contribution in [0.4, 0.5) is 0 Å². The van der Waals surface area contributed by atoms with Gasteiger partial charge >= 0.3 is 0 Å². The Kier molecular flexibility index (Phi) is 6.40. The van der Waals surface area contributed by atoms with Gasteiger partial charge in [-0.15, -0.1) is 0 Å². The van der Waals surface area contributed by atoms with Crippen molar-refractivity contribution in [3.63, 3.8) is 0 Å². The molecule has 0 saturated carbocycles. The number of carbonyl (C=O) groups excluding carboxylic acids is 1. The highest BCUT2D eigenvalue weighted by Gasteiger charge is 2.24. The van der Waals surface area contributed by atoms with Crippen LogP contribution in [0.1, 0.15) is 32.1 Å². The minimum absolute atomic E-state index is 0.0634. The van der Waals surface area contributed by atoms with Gasteiger partial charge < -0.3 is 9.64 Å². The average Bonchev–Trinajstić information content (AvgIpc) is 2.52. The normalized spacial score (nSPS) is 20.1. The monoisotopic (exact) mass is 330 g/mol. The number of rotatable bonds is 6. The number of carbonyl (C=O) groups is 1. The maximum atomic E-state index is 12.3. The van der Waals surface area contributed by atoms with Gasteiger partial charge in [0.25, 0.3) is 0 Å². The van der Waals surface area contributed by atoms with Crippen LogP contribution in [-0.2, 0) is 19.6 Å². The third-order valence-corrected chi connectivity index (χ3v) is 5.46. The highest BCUT2D eigenvalue weighted by atomic mass is 32.2. The van der Waals surface area contributed by atoms with Crippen LogP contribution in [0, 0.1) is 0 Å². The molecule has 0 atom stereocenters. The number of allylic oxidation sites excluding steroid dienone is 1. The molecule has 0 bridgehead atoms. The number of nitrogens with zero attached hydrogens (tertiary/aromatic N) is 2. The largest absolute Gasteiger partial charge is 0.378 e. The fraction of sp³-hybridized carbons (Fsp3) is 0.800. The number of hydrogen-bond donors (Lipinski definition) is 0. The molecule has 2 rings (SSSR count). The van der Waals surface area contributed by atoms with Gasteiger partial charge in [-0.25, -0.2) is 8.42 Å². The molecular weight excluding hydrogens is 304 g/mol. The third-order valence-electron chi connectivity index (χ3n) is 4.21. The Morgan fingerprint density at radius 2 is 2.05 bits per heavy atom. The summed E-state index contributed by atoms with van der Waals surface area (Å²) in [5.74, 6) is -0.133. The zero-order valence-electron chi connectivity index (χ0n) is 13.3. The van der Waals surface area contributed by atoms with Crippen molar-refractivity contribution < 1.29 is 17.9 Å². The highest BCUT2D eigenvalue weighted by Crippen LogP contribution is 2.20. The fourth-order valence-corrected chi connectivity index (χ4v) is 3.59. The van der Waals surface area contributed by atoms with Crippen molar-refractivity contribution in [2.75, 3.05) is 45.6 Å². The van der Waals surface area contributed by atoms with Gasteiger partial charge in [-0.1, -0.05) is 11.6 Å². The lowest BCUT2D eigenvalue weighted by molar-refractivity contribution is -0.135. The zero-order chi connectivity index (χ0) is 16.0. The van der Waals surface area contributed by atoms with Gasteiger partial charge in [0.15, 0.2) is 0 Å². The second-order valence-corrected chi connectivity index (χ2v) is 7.93. The Morgan fingerprint density at radius 1 is 1.32 bits per heavy atom. The van der Waals surface area contributed by atoms with Crippen LogP contribution in [0.2, 0.25) is 0 Å². The van der Waals surface area contributed by atoms with E-state index in [1.807, 2.05) is 0 Å². The number of hydrogen-bond acceptors (Lipinski definition) is 4. The topological polar surface area (TPSA) is 66.9 Å². The lowest BCUT2D eigenvalue weighted by atomic mass is 9.97. The average molecular weight is 330 g/mol. The van der Waals surface area contributed by atoms with Crippen LogP contribution < -0.4 is 0 Å². The molecule has 0 aromatic carbocycles. The van der Waals surface area contributed by atoms with E-state index in [4.69, 9.17) is 4.74 Å². The maximum absolute atomic E-state index is 12.3. The molecule has 0 radical (unpaired) electrons. The van der Waals surface area contributed by atoms with Crippen molar-refractivity contribution in [1.82, 2.24) is 9.21 Å². The standard InChI is InChI=1S/C15H26N2O4S/c1-22(19,20)17(8-7-14-5-3-2-4-6-14)13-15(18)16-9-11-21-12-10-16/h5H,2-4,6-13H2,1H3. The zero-order valence-corrected chi connectivity index (χ0v) is 14.1. The smallest absolute Gasteiger partial charge is 0.238 e. The molecule has 1 saturated heterocycles. The van der Waals surface area contributed by atoms with Gasteiger partial charge in [0, 0.05) is 19.6 Å². The van der Waals surface area contributed by atoms with Crippen molar-refractivity contribution in [2.24, 2.45) is 0 Å². The van der Waals surface area contributed by atoms with E-state index in [0.717, 1.165) is 19.3 Å². The summed E-state index contributed by atoms with van der Waals surface area (Å²) in [6.07, 6.45) is 8.65. The van der Waals surface area contributed by atoms with Crippen LogP contribution in [0.25, 0.3) is 0 Å². The van der Waals surface area contributed by atoms with E-state index in [1.54, 1.807) is 4.90 Å². The summed E-state index contributed by atoms with van der Waals surface area (Å²) in [6.45, 7) is 2.46. The fourth-order valence-electron chi connectivity index (χ4n) is 2.83. The van der Waals surface area contributed by atoms with Crippen LogP contribution >= 0.6 is 0 Å². The Morgan fingerprint density at radius 3 is 2.64 bits per heavy atom. The number of sulfonamides is 1. The Hall–Kier alpha value is -0.920. The second kappa shape index (κ2) is 8.08. The molecule has 0 aromatic heterocycles. The van der Waals surface area contributed by atoms with Gasteiger partial charge in [-0.2, -0.15) is 4.31 Å². The third kappa shape index (κ3) is 5.37. The van der Waals surface area contributed by atoms with Crippen LogP contribution in [0.5, 0.6) is 0 Å². The summed E-state index contributed by atoms with van der Waals surface area (Å²) in [5, 5.41) is 0. The van der Waals surface area contributed by atoms with Gasteiger partial charge in [0.1, 0.15) is 0 Å². The number of morpholine rings is 1. The molecule has 2 aliphatic rings. The molecule has 1 amide bonds. The van der Waals surface area contributed by atoms with E-state index in [9.17, 15) is 13.2 Å². The summed E-state index contributed by atoms with van der Waals surface area (Å²) >= 11 is 0. The summed E-state index contributed by atoms with van der Waals surface area (Å²) in [7, 11) is -3.37. The molecular formula is C15H26N2O4S. The molecule has 22 heavy (non-hydrogen) atoms. The van der Waals surface area contributed by atoms with Gasteiger partial charge in [0.05, 0.1) is 26.0 Å². The summed E-state index contributed by atoms with van der Waals surface area (Å²) in [4.78, 5) is 13.9. The maximum Gasteiger partial charge on any atom is 0.238 e. The lowest BCUT2D eigenvalue weighted by Gasteiger charge is -2.29. The van der Waals surface area contributed by atoms with E-state index >= 15 is 0 Å². The molecule has 0 N–H and O–H groups in total. The molecule has 1 aliphatic carbocycles. The van der Waals surface area contributed by atoms with E-state index < -0.39 is 10.0 Å². The first-order valence-electron chi connectivity index (χ1n) is 7.95. The minimum Gasteiger partial charge on any atom is -0.378 e. The predicted molar refractivity (Wildman–Crippen MR) is 85.0 cm³/mol. The first kappa shape index (κ1) is 17.4. The van der Waals surface area contributed by atoms with Crippen molar-refractivity contribution in [2.45, 2.75) is 32.1 Å². The van der Waals surface area contributed by atoms with E-state index in [2.05, 4.69) is 6.08 Å². The highest BCUT2D eigenvalue weighted by molar-refractivity contribution is 7.88. The number of amides is 1. The van der Waals surface area contributed by atoms with E-state index in [0.29, 0.717) is 32.8 Å². The SMILES string of the molecule is CS(=O)(=O)N(CCC1=CCCCC1)CC(=O)N1CCOCC1. The second-order valence-electron chi connectivity index (χ2n) is 5.95. The molecule has 7 heteroatoms. The quantitative estimate of drug-likeness (QED) is 0.682. The Bertz CT molecular complexity index is 510. The molecule has 0 unspecified atom stereocenters. The molecule has 126 valence electrons. The minimum atomic E-state index is -3.37. The summed E-state index contributed by atoms with van der Waals surface area (Å²) in [6, 6.07) is 0. The molecule has 0 aromatic rings. The van der Waals surface area contributed by atoms with Crippen LogP contribution in [0.15, 0.2) is 11.6 Å². The first-order valence-corrected chi connectivity index (χ1v) is 9.80. The predicted octanol–water partition coefficient (Wildman–Crippen LogP) is 0.997. The van der Waals surface area contributed by atoms with Crippen molar-refractivity contribution in [3.8, 4) is 0 Å². The van der Waals surface area contributed by atoms with E-state index in [1.165, 1.54) is 29.0 Å². The summed E-state index contributed by atoms with van der Waals surface area (Å²) in [5.41, 5.74) is 1.32. The molecule has 0 spiro atoms. The first-order chi connectivity index (χ1) is 10.5.